The summed E-state index contributed by atoms with van der Waals surface area (Å²) in [6, 6.07) is 6.64. The van der Waals surface area contributed by atoms with Crippen LogP contribution in [0.1, 0.15) is 42.0 Å². The minimum atomic E-state index is 0. The summed E-state index contributed by atoms with van der Waals surface area (Å²) < 4.78 is 0. The molecule has 0 unspecified atom stereocenters. The van der Waals surface area contributed by atoms with Gasteiger partial charge in [-0.1, -0.05) is 33.6 Å². The molecular formula is C12H16Y4-2. The molecule has 4 heteroatoms. The minimum absolute atomic E-state index is 0. The summed E-state index contributed by atoms with van der Waals surface area (Å²) in [5.74, 6) is 0.567. The van der Waals surface area contributed by atoms with Crippen LogP contribution in [0.15, 0.2) is 0 Å². The molecule has 0 atom stereocenters. The molecule has 0 saturated heterocycles. The molecule has 0 fully saturated rings. The van der Waals surface area contributed by atoms with Gasteiger partial charge in [-0.3, -0.25) is 22.3 Å². The fourth-order valence-electron chi connectivity index (χ4n) is 1.48. The Morgan fingerprint density at radius 1 is 0.812 bits per heavy atom. The van der Waals surface area contributed by atoms with Crippen molar-refractivity contribution in [2.45, 2.75) is 40.5 Å². The third-order valence-electron chi connectivity index (χ3n) is 2.24. The number of benzene rings is 1. The monoisotopic (exact) mass is 516 g/mol. The Morgan fingerprint density at radius 2 is 1.25 bits per heavy atom. The van der Waals surface area contributed by atoms with Crippen LogP contribution in [0.5, 0.6) is 0 Å². The summed E-state index contributed by atoms with van der Waals surface area (Å²) in [6.45, 7) is 10.7. The molecular weight excluding hydrogens is 500 g/mol. The number of rotatable bonds is 1. The van der Waals surface area contributed by atoms with Crippen molar-refractivity contribution < 1.29 is 131 Å². The molecule has 0 aliphatic carbocycles. The summed E-state index contributed by atoms with van der Waals surface area (Å²) in [5.41, 5.74) is 5.07. The van der Waals surface area contributed by atoms with Crippen molar-refractivity contribution in [3.05, 3.63) is 34.4 Å². The van der Waals surface area contributed by atoms with Crippen molar-refractivity contribution in [2.75, 3.05) is 0 Å². The first-order chi connectivity index (χ1) is 5.52. The van der Waals surface area contributed by atoms with E-state index in [1.165, 1.54) is 16.7 Å². The first kappa shape index (κ1) is 27.9. The summed E-state index contributed by atoms with van der Waals surface area (Å²) in [6.07, 6.45) is 0. The summed E-state index contributed by atoms with van der Waals surface area (Å²) in [7, 11) is 0. The Bertz CT molecular complexity index is 295. The summed E-state index contributed by atoms with van der Waals surface area (Å²) in [4.78, 5) is 0. The molecule has 0 bridgehead atoms. The Labute approximate surface area is 201 Å². The second-order valence-electron chi connectivity index (χ2n) is 3.69. The van der Waals surface area contributed by atoms with E-state index in [9.17, 15) is 0 Å². The van der Waals surface area contributed by atoms with Gasteiger partial charge < -0.3 is 12.1 Å². The smallest absolute Gasteiger partial charge is 0 e. The third-order valence-corrected chi connectivity index (χ3v) is 2.24. The summed E-state index contributed by atoms with van der Waals surface area (Å²) >= 11 is 0. The molecule has 0 amide bonds. The maximum absolute atomic E-state index is 3.36. The molecule has 78 valence electrons. The van der Waals surface area contributed by atoms with E-state index in [-0.39, 0.29) is 131 Å². The molecule has 16 heavy (non-hydrogen) atoms. The molecule has 0 aromatic heterocycles. The van der Waals surface area contributed by atoms with Gasteiger partial charge in [-0.05, 0) is 0 Å². The summed E-state index contributed by atoms with van der Waals surface area (Å²) in [5, 5.41) is 0. The van der Waals surface area contributed by atoms with Crippen molar-refractivity contribution in [2.24, 2.45) is 0 Å². The first-order valence-electron chi connectivity index (χ1n) is 4.44. The minimum Gasteiger partial charge on any atom is -0.353 e. The van der Waals surface area contributed by atoms with Crippen LogP contribution in [0.4, 0.5) is 0 Å². The molecule has 0 heterocycles. The average molecular weight is 516 g/mol. The van der Waals surface area contributed by atoms with Crippen LogP contribution in [-0.2, 0) is 131 Å². The molecule has 0 aliphatic heterocycles. The zero-order valence-corrected chi connectivity index (χ0v) is 22.2. The maximum Gasteiger partial charge on any atom is 0 e. The molecule has 0 nitrogen and oxygen atoms in total. The van der Waals surface area contributed by atoms with E-state index in [0.29, 0.717) is 5.92 Å². The zero-order chi connectivity index (χ0) is 9.30. The number of aryl methyl sites for hydroxylation is 2. The van der Waals surface area contributed by atoms with Crippen molar-refractivity contribution in [1.29, 1.82) is 0 Å². The zero-order valence-electron chi connectivity index (χ0n) is 10.9. The van der Waals surface area contributed by atoms with Gasteiger partial charge in [0, 0.05) is 131 Å². The van der Waals surface area contributed by atoms with Crippen molar-refractivity contribution >= 4 is 0 Å². The second-order valence-corrected chi connectivity index (χ2v) is 3.69. The molecule has 0 aliphatic rings. The van der Waals surface area contributed by atoms with Crippen molar-refractivity contribution in [3.8, 4) is 0 Å². The van der Waals surface area contributed by atoms with Crippen molar-refractivity contribution in [1.82, 2.24) is 0 Å². The molecule has 0 saturated carbocycles. The normalized spacial score (nSPS) is 8.12. The SMILES string of the molecule is Cc1[c-]c(C)c(C)c(C(C)C)[c-]1.[Y].[Y].[Y].[Y]. The van der Waals surface area contributed by atoms with Crippen LogP contribution in [0.2, 0.25) is 0 Å². The molecule has 1 aromatic carbocycles. The van der Waals surface area contributed by atoms with Crippen LogP contribution in [0.25, 0.3) is 0 Å². The largest absolute Gasteiger partial charge is 0.353 e. The molecule has 4 radical (unpaired) electrons. The Morgan fingerprint density at radius 3 is 1.62 bits per heavy atom. The molecule has 0 N–H and O–H groups in total. The van der Waals surface area contributed by atoms with Crippen LogP contribution in [0.3, 0.4) is 0 Å². The third kappa shape index (κ3) is 8.74. The van der Waals surface area contributed by atoms with Crippen molar-refractivity contribution in [3.63, 3.8) is 0 Å². The van der Waals surface area contributed by atoms with Crippen LogP contribution in [0, 0.1) is 32.9 Å². The van der Waals surface area contributed by atoms with Gasteiger partial charge in [0.25, 0.3) is 0 Å². The first-order valence-corrected chi connectivity index (χ1v) is 4.44. The Balaban J connectivity index is -0.000000180. The molecule has 1 rings (SSSR count). The van der Waals surface area contributed by atoms with E-state index in [1.807, 2.05) is 0 Å². The quantitative estimate of drug-likeness (QED) is 0.504. The van der Waals surface area contributed by atoms with Gasteiger partial charge in [0.1, 0.15) is 0 Å². The van der Waals surface area contributed by atoms with E-state index in [1.54, 1.807) is 0 Å². The van der Waals surface area contributed by atoms with Gasteiger partial charge in [0.05, 0.1) is 0 Å². The average Bonchev–Trinajstić information content (AvgIpc) is 1.96. The fourth-order valence-corrected chi connectivity index (χ4v) is 1.48. The van der Waals surface area contributed by atoms with E-state index >= 15 is 0 Å². The molecule has 0 spiro atoms. The van der Waals surface area contributed by atoms with Crippen LogP contribution in [-0.4, -0.2) is 0 Å². The second kappa shape index (κ2) is 13.6. The standard InChI is InChI=1S/C12H16.4Y/c1-8(2)12-7-9(3)6-10(4)11(12)5;;;;/h8H,1-5H3;;;;/q-2;;;;. The topological polar surface area (TPSA) is 0 Å². The predicted molar refractivity (Wildman–Crippen MR) is 52.4 cm³/mol. The number of hydrogen-bond donors (Lipinski definition) is 0. The molecule has 1 aromatic rings. The van der Waals surface area contributed by atoms with Gasteiger partial charge >= 0.3 is 0 Å². The van der Waals surface area contributed by atoms with Gasteiger partial charge in [-0.2, -0.15) is 0 Å². The van der Waals surface area contributed by atoms with Gasteiger partial charge in [0.2, 0.25) is 0 Å². The Kier molecular flexibility index (Phi) is 23.7. The maximum atomic E-state index is 3.36. The van der Waals surface area contributed by atoms with E-state index < -0.39 is 0 Å². The Hall–Kier alpha value is 3.64. The number of hydrogen-bond acceptors (Lipinski definition) is 0. The van der Waals surface area contributed by atoms with Gasteiger partial charge in [-0.15, -0.1) is 6.92 Å². The fraction of sp³-hybridized carbons (Fsp3) is 0.500. The van der Waals surface area contributed by atoms with Gasteiger partial charge in [0.15, 0.2) is 0 Å². The van der Waals surface area contributed by atoms with E-state index in [0.717, 1.165) is 5.56 Å². The predicted octanol–water partition coefficient (Wildman–Crippen LogP) is 3.33. The van der Waals surface area contributed by atoms with Crippen LogP contribution < -0.4 is 0 Å². The van der Waals surface area contributed by atoms with Crippen LogP contribution >= 0.6 is 0 Å². The van der Waals surface area contributed by atoms with Gasteiger partial charge in [-0.25, -0.2) is 0 Å². The van der Waals surface area contributed by atoms with E-state index in [2.05, 4.69) is 46.8 Å². The van der Waals surface area contributed by atoms with E-state index in [4.69, 9.17) is 0 Å².